The molecule has 0 aliphatic rings. The molecule has 0 aliphatic heterocycles. The van der Waals surface area contributed by atoms with E-state index in [-0.39, 0.29) is 0 Å². The largest absolute Gasteiger partial charge is 0.456 e. The normalized spacial score (nSPS) is 15.2. The Bertz CT molecular complexity index is 491. The van der Waals surface area contributed by atoms with Gasteiger partial charge in [-0.15, -0.1) is 0 Å². The molecule has 0 fully saturated rings. The van der Waals surface area contributed by atoms with Crippen molar-refractivity contribution in [2.45, 2.75) is 52.1 Å². The monoisotopic (exact) mass is 364 g/mol. The molecule has 0 spiro atoms. The fraction of sp³-hybridized carbons (Fsp3) is 0.643. The predicted molar refractivity (Wildman–Crippen MR) is 83.0 cm³/mol. The minimum atomic E-state index is -1.44. The number of carbonyl (C=O) groups is 4. The standard InChI is InChI=1S/C14H20O9S/c1-7(16)20-11(5-15)13(22-9(3)18)14(23-10(4)19)12(6-24)21-8(2)17/h6,11-15H,5H2,1-4H3/t11-,12-,13-,14-/m1/s1. The molecule has 0 aromatic carbocycles. The Labute approximate surface area is 144 Å². The van der Waals surface area contributed by atoms with Crippen molar-refractivity contribution in [2.24, 2.45) is 0 Å². The number of rotatable bonds is 9. The smallest absolute Gasteiger partial charge is 0.303 e. The Morgan fingerprint density at radius 2 is 1.25 bits per heavy atom. The Hall–Kier alpha value is -2.07. The molecule has 136 valence electrons. The van der Waals surface area contributed by atoms with Crippen LogP contribution >= 0.6 is 12.2 Å². The van der Waals surface area contributed by atoms with Crippen LogP contribution in [0.5, 0.6) is 0 Å². The molecule has 0 saturated heterocycles. The van der Waals surface area contributed by atoms with Crippen molar-refractivity contribution in [1.29, 1.82) is 0 Å². The summed E-state index contributed by atoms with van der Waals surface area (Å²) in [5, 5.41) is 10.4. The molecule has 10 heteroatoms. The summed E-state index contributed by atoms with van der Waals surface area (Å²) in [6.07, 6.45) is -5.48. The van der Waals surface area contributed by atoms with Gasteiger partial charge >= 0.3 is 23.9 Å². The molecule has 0 aromatic rings. The van der Waals surface area contributed by atoms with Crippen molar-refractivity contribution in [1.82, 2.24) is 0 Å². The molecule has 1 N–H and O–H groups in total. The van der Waals surface area contributed by atoms with E-state index < -0.39 is 54.9 Å². The van der Waals surface area contributed by atoms with Gasteiger partial charge in [-0.05, 0) is 0 Å². The molecule has 0 bridgehead atoms. The van der Waals surface area contributed by atoms with Crippen molar-refractivity contribution in [3.05, 3.63) is 0 Å². The van der Waals surface area contributed by atoms with Gasteiger partial charge in [0.1, 0.15) is 0 Å². The molecule has 0 aliphatic carbocycles. The summed E-state index contributed by atoms with van der Waals surface area (Å²) >= 11 is 4.76. The molecule has 4 atom stereocenters. The molecule has 24 heavy (non-hydrogen) atoms. The summed E-state index contributed by atoms with van der Waals surface area (Å²) in [5.74, 6) is -3.08. The molecule has 0 amide bonds. The molecule has 0 radical (unpaired) electrons. The fourth-order valence-corrected chi connectivity index (χ4v) is 2.05. The lowest BCUT2D eigenvalue weighted by molar-refractivity contribution is -0.195. The molecule has 0 aromatic heterocycles. The van der Waals surface area contributed by atoms with E-state index in [0.717, 1.165) is 33.1 Å². The number of hydrogen-bond acceptors (Lipinski definition) is 10. The molecule has 0 saturated carbocycles. The zero-order valence-electron chi connectivity index (χ0n) is 13.7. The Kier molecular flexibility index (Phi) is 9.74. The second-order valence-electron chi connectivity index (χ2n) is 4.69. The van der Waals surface area contributed by atoms with E-state index in [1.54, 1.807) is 0 Å². The zero-order valence-corrected chi connectivity index (χ0v) is 14.5. The molecular weight excluding hydrogens is 344 g/mol. The molecule has 0 heterocycles. The van der Waals surface area contributed by atoms with Crippen LogP contribution in [0.3, 0.4) is 0 Å². The first-order valence-electron chi connectivity index (χ1n) is 6.87. The van der Waals surface area contributed by atoms with Crippen LogP contribution in [0.1, 0.15) is 27.7 Å². The Morgan fingerprint density at radius 1 is 0.833 bits per heavy atom. The molecule has 0 unspecified atom stereocenters. The van der Waals surface area contributed by atoms with E-state index in [1.165, 1.54) is 0 Å². The summed E-state index contributed by atoms with van der Waals surface area (Å²) in [7, 11) is 0. The maximum absolute atomic E-state index is 11.4. The lowest BCUT2D eigenvalue weighted by Gasteiger charge is -2.33. The van der Waals surface area contributed by atoms with Gasteiger partial charge in [0.25, 0.3) is 0 Å². The number of esters is 4. The molecule has 9 nitrogen and oxygen atoms in total. The Morgan fingerprint density at radius 3 is 1.58 bits per heavy atom. The van der Waals surface area contributed by atoms with Crippen LogP contribution in [-0.4, -0.2) is 65.4 Å². The van der Waals surface area contributed by atoms with Gasteiger partial charge in [-0.25, -0.2) is 0 Å². The predicted octanol–water partition coefficient (Wildman–Crippen LogP) is -0.295. The first-order valence-corrected chi connectivity index (χ1v) is 7.34. The van der Waals surface area contributed by atoms with Crippen LogP contribution < -0.4 is 0 Å². The highest BCUT2D eigenvalue weighted by Gasteiger charge is 2.42. The second kappa shape index (κ2) is 10.7. The summed E-state index contributed by atoms with van der Waals surface area (Å²) in [6, 6.07) is 0. The summed E-state index contributed by atoms with van der Waals surface area (Å²) in [6.45, 7) is 3.59. The minimum Gasteiger partial charge on any atom is -0.456 e. The number of aliphatic hydroxyl groups excluding tert-OH is 1. The maximum atomic E-state index is 11.4. The maximum Gasteiger partial charge on any atom is 0.303 e. The quantitative estimate of drug-likeness (QED) is 0.331. The Balaban J connectivity index is 5.79. The van der Waals surface area contributed by atoms with Gasteiger partial charge in [0.2, 0.25) is 0 Å². The lowest BCUT2D eigenvalue weighted by atomic mass is 10.0. The van der Waals surface area contributed by atoms with Gasteiger partial charge in [-0.1, -0.05) is 12.2 Å². The van der Waals surface area contributed by atoms with Crippen LogP contribution in [0.4, 0.5) is 0 Å². The highest BCUT2D eigenvalue weighted by Crippen LogP contribution is 2.18. The number of carbonyl (C=O) groups excluding carboxylic acids is 4. The van der Waals surface area contributed by atoms with Crippen molar-refractivity contribution in [3.8, 4) is 0 Å². The summed E-state index contributed by atoms with van der Waals surface area (Å²) < 4.78 is 19.9. The van der Waals surface area contributed by atoms with Crippen molar-refractivity contribution >= 4 is 41.5 Å². The van der Waals surface area contributed by atoms with Gasteiger partial charge in [0, 0.05) is 33.1 Å². The van der Waals surface area contributed by atoms with Crippen LogP contribution in [0.15, 0.2) is 0 Å². The third-order valence-corrected chi connectivity index (χ3v) is 2.82. The minimum absolute atomic E-state index is 0.729. The first kappa shape index (κ1) is 21.9. The van der Waals surface area contributed by atoms with Crippen LogP contribution in [0, 0.1) is 0 Å². The second-order valence-corrected chi connectivity index (χ2v) is 4.96. The van der Waals surface area contributed by atoms with Crippen LogP contribution in [0.2, 0.25) is 0 Å². The van der Waals surface area contributed by atoms with Crippen LogP contribution in [-0.2, 0) is 38.1 Å². The fourth-order valence-electron chi connectivity index (χ4n) is 1.84. The van der Waals surface area contributed by atoms with Crippen molar-refractivity contribution < 1.29 is 43.2 Å². The average Bonchev–Trinajstić information content (AvgIpc) is 2.45. The topological polar surface area (TPSA) is 125 Å². The highest BCUT2D eigenvalue weighted by molar-refractivity contribution is 7.79. The van der Waals surface area contributed by atoms with Gasteiger partial charge in [0.15, 0.2) is 24.4 Å². The summed E-state index contributed by atoms with van der Waals surface area (Å²) in [5.41, 5.74) is 0. The van der Waals surface area contributed by atoms with Gasteiger partial charge in [-0.3, -0.25) is 19.2 Å². The van der Waals surface area contributed by atoms with E-state index in [9.17, 15) is 24.3 Å². The van der Waals surface area contributed by atoms with E-state index in [0.29, 0.717) is 0 Å². The van der Waals surface area contributed by atoms with Crippen molar-refractivity contribution in [2.75, 3.05) is 6.61 Å². The average molecular weight is 364 g/mol. The van der Waals surface area contributed by atoms with E-state index in [1.807, 2.05) is 0 Å². The molecular formula is C14H20O9S. The third-order valence-electron chi connectivity index (χ3n) is 2.55. The zero-order chi connectivity index (χ0) is 18.9. The van der Waals surface area contributed by atoms with Crippen molar-refractivity contribution in [3.63, 3.8) is 0 Å². The van der Waals surface area contributed by atoms with Gasteiger partial charge in [-0.2, -0.15) is 0 Å². The summed E-state index contributed by atoms with van der Waals surface area (Å²) in [4.78, 5) is 45.1. The van der Waals surface area contributed by atoms with Crippen LogP contribution in [0.25, 0.3) is 0 Å². The number of thiocarbonyl (C=S) groups is 1. The third kappa shape index (κ3) is 7.97. The van der Waals surface area contributed by atoms with E-state index >= 15 is 0 Å². The first-order chi connectivity index (χ1) is 11.1. The van der Waals surface area contributed by atoms with E-state index in [2.05, 4.69) is 0 Å². The lowest BCUT2D eigenvalue weighted by Crippen LogP contribution is -2.53. The van der Waals surface area contributed by atoms with E-state index in [4.69, 9.17) is 31.2 Å². The van der Waals surface area contributed by atoms with Gasteiger partial charge in [0.05, 0.1) is 6.61 Å². The van der Waals surface area contributed by atoms with Gasteiger partial charge < -0.3 is 24.1 Å². The highest BCUT2D eigenvalue weighted by atomic mass is 32.1. The number of hydrogen-bond donors (Lipinski definition) is 1. The number of ether oxygens (including phenoxy) is 4. The number of aliphatic hydroxyl groups is 1. The molecule has 0 rings (SSSR count). The SMILES string of the molecule is CC(=O)O[C@@H]([C@H](OC(C)=O)[C@@H](CO)OC(C)=O)[C@@H](C=S)OC(C)=O.